The van der Waals surface area contributed by atoms with E-state index in [-0.39, 0.29) is 0 Å². The van der Waals surface area contributed by atoms with Crippen LogP contribution in [0.5, 0.6) is 0 Å². The van der Waals surface area contributed by atoms with E-state index in [1.807, 2.05) is 11.3 Å². The van der Waals surface area contributed by atoms with Gasteiger partial charge >= 0.3 is 0 Å². The highest BCUT2D eigenvalue weighted by Gasteiger charge is 2.02. The summed E-state index contributed by atoms with van der Waals surface area (Å²) in [5, 5.41) is 5.60. The fourth-order valence-electron chi connectivity index (χ4n) is 1.89. The summed E-state index contributed by atoms with van der Waals surface area (Å²) in [5.74, 6) is 0. The molecular weight excluding hydrogens is 308 g/mol. The van der Waals surface area contributed by atoms with Gasteiger partial charge in [0.05, 0.1) is 0 Å². The van der Waals surface area contributed by atoms with Gasteiger partial charge in [0, 0.05) is 21.3 Å². The first kappa shape index (κ1) is 16.2. The first-order valence-corrected chi connectivity index (χ1v) is 8.51. The maximum absolute atomic E-state index is 3.50. The Morgan fingerprint density at radius 1 is 1.28 bits per heavy atom. The highest BCUT2D eigenvalue weighted by atomic mass is 79.9. The summed E-state index contributed by atoms with van der Waals surface area (Å²) in [4.78, 5) is 3.85. The summed E-state index contributed by atoms with van der Waals surface area (Å²) in [6.07, 6.45) is 5.17. The first-order valence-electron chi connectivity index (χ1n) is 6.84. The van der Waals surface area contributed by atoms with Crippen molar-refractivity contribution in [2.24, 2.45) is 0 Å². The van der Waals surface area contributed by atoms with E-state index in [9.17, 15) is 0 Å². The minimum absolute atomic E-state index is 1.07. The molecule has 2 nitrogen and oxygen atoms in total. The Labute approximate surface area is 124 Å². The quantitative estimate of drug-likeness (QED) is 0.648. The number of thiophene rings is 1. The third kappa shape index (κ3) is 7.52. The van der Waals surface area contributed by atoms with Crippen molar-refractivity contribution in [2.75, 3.05) is 26.7 Å². The lowest BCUT2D eigenvalue weighted by Crippen LogP contribution is -2.19. The molecular formula is C14H25BrN2S. The third-order valence-corrected chi connectivity index (χ3v) is 4.55. The van der Waals surface area contributed by atoms with Crippen LogP contribution < -0.4 is 5.32 Å². The van der Waals surface area contributed by atoms with Gasteiger partial charge in [-0.1, -0.05) is 13.3 Å². The molecule has 1 rings (SSSR count). The standard InChI is InChI=1S/C14H25BrN2S/c1-3-7-16-8-5-4-6-9-17(2)11-14-10-13(15)12-18-14/h10,12,16H,3-9,11H2,1-2H3. The highest BCUT2D eigenvalue weighted by molar-refractivity contribution is 9.10. The predicted octanol–water partition coefficient (Wildman–Crippen LogP) is 4.11. The molecule has 1 aromatic heterocycles. The molecule has 0 aliphatic heterocycles. The summed E-state index contributed by atoms with van der Waals surface area (Å²) in [6, 6.07) is 2.22. The van der Waals surface area contributed by atoms with Crippen molar-refractivity contribution >= 4 is 27.3 Å². The maximum Gasteiger partial charge on any atom is 0.0325 e. The van der Waals surface area contributed by atoms with Gasteiger partial charge < -0.3 is 10.2 Å². The second-order valence-electron chi connectivity index (χ2n) is 4.78. The Bertz CT molecular complexity index is 314. The average molecular weight is 333 g/mol. The SMILES string of the molecule is CCCNCCCCCN(C)Cc1cc(Br)cs1. The normalized spacial score (nSPS) is 11.3. The Morgan fingerprint density at radius 2 is 2.11 bits per heavy atom. The van der Waals surface area contributed by atoms with Gasteiger partial charge in [0.25, 0.3) is 0 Å². The molecule has 0 atom stereocenters. The summed E-state index contributed by atoms with van der Waals surface area (Å²) in [5.41, 5.74) is 0. The zero-order chi connectivity index (χ0) is 13.2. The molecule has 0 spiro atoms. The molecule has 0 unspecified atom stereocenters. The Kier molecular flexibility index (Phi) is 8.94. The lowest BCUT2D eigenvalue weighted by atomic mass is 10.2. The van der Waals surface area contributed by atoms with Crippen LogP contribution in [-0.4, -0.2) is 31.6 Å². The predicted molar refractivity (Wildman–Crippen MR) is 85.4 cm³/mol. The van der Waals surface area contributed by atoms with Crippen LogP contribution in [0.15, 0.2) is 15.9 Å². The molecule has 0 bridgehead atoms. The van der Waals surface area contributed by atoms with Crippen LogP contribution >= 0.6 is 27.3 Å². The number of halogens is 1. The van der Waals surface area contributed by atoms with Gasteiger partial charge in [-0.05, 0) is 67.9 Å². The van der Waals surface area contributed by atoms with Crippen molar-refractivity contribution in [3.05, 3.63) is 20.8 Å². The topological polar surface area (TPSA) is 15.3 Å². The van der Waals surface area contributed by atoms with Crippen LogP contribution in [0.4, 0.5) is 0 Å². The van der Waals surface area contributed by atoms with Crippen LogP contribution in [0.1, 0.15) is 37.5 Å². The molecule has 0 fully saturated rings. The van der Waals surface area contributed by atoms with E-state index in [0.29, 0.717) is 0 Å². The Morgan fingerprint density at radius 3 is 2.78 bits per heavy atom. The van der Waals surface area contributed by atoms with Crippen molar-refractivity contribution in [2.45, 2.75) is 39.2 Å². The minimum Gasteiger partial charge on any atom is -0.317 e. The first-order chi connectivity index (χ1) is 8.72. The van der Waals surface area contributed by atoms with E-state index < -0.39 is 0 Å². The molecule has 18 heavy (non-hydrogen) atoms. The van der Waals surface area contributed by atoms with Gasteiger partial charge in [0.1, 0.15) is 0 Å². The van der Waals surface area contributed by atoms with Gasteiger partial charge in [-0.25, -0.2) is 0 Å². The van der Waals surface area contributed by atoms with Crippen LogP contribution in [0, 0.1) is 0 Å². The largest absolute Gasteiger partial charge is 0.317 e. The number of hydrogen-bond donors (Lipinski definition) is 1. The molecule has 0 radical (unpaired) electrons. The number of hydrogen-bond acceptors (Lipinski definition) is 3. The molecule has 4 heteroatoms. The molecule has 0 aliphatic carbocycles. The van der Waals surface area contributed by atoms with Crippen LogP contribution in [-0.2, 0) is 6.54 Å². The summed E-state index contributed by atoms with van der Waals surface area (Å²) in [7, 11) is 2.21. The smallest absolute Gasteiger partial charge is 0.0325 e. The molecule has 0 saturated carbocycles. The van der Waals surface area contributed by atoms with Crippen LogP contribution in [0.2, 0.25) is 0 Å². The van der Waals surface area contributed by atoms with Crippen molar-refractivity contribution in [1.29, 1.82) is 0 Å². The fourth-order valence-corrected chi connectivity index (χ4v) is 3.42. The van der Waals surface area contributed by atoms with E-state index in [1.54, 1.807) is 0 Å². The number of rotatable bonds is 10. The molecule has 1 aromatic rings. The molecule has 0 aliphatic rings. The molecule has 1 N–H and O–H groups in total. The zero-order valence-corrected chi connectivity index (χ0v) is 13.9. The minimum atomic E-state index is 1.07. The third-order valence-electron chi connectivity index (χ3n) is 2.87. The van der Waals surface area contributed by atoms with Gasteiger partial charge in [0.15, 0.2) is 0 Å². The fraction of sp³-hybridized carbons (Fsp3) is 0.714. The monoisotopic (exact) mass is 332 g/mol. The van der Waals surface area contributed by atoms with E-state index in [2.05, 4.69) is 51.6 Å². The molecule has 0 saturated heterocycles. The van der Waals surface area contributed by atoms with Gasteiger partial charge in [-0.2, -0.15) is 0 Å². The molecule has 0 aromatic carbocycles. The lowest BCUT2D eigenvalue weighted by molar-refractivity contribution is 0.319. The Balaban J connectivity index is 1.98. The summed E-state index contributed by atoms with van der Waals surface area (Å²) >= 11 is 5.33. The van der Waals surface area contributed by atoms with Crippen molar-refractivity contribution in [3.8, 4) is 0 Å². The van der Waals surface area contributed by atoms with Gasteiger partial charge in [0.2, 0.25) is 0 Å². The summed E-state index contributed by atoms with van der Waals surface area (Å²) < 4.78 is 1.21. The second-order valence-corrected chi connectivity index (χ2v) is 6.69. The van der Waals surface area contributed by atoms with Crippen molar-refractivity contribution < 1.29 is 0 Å². The van der Waals surface area contributed by atoms with Gasteiger partial charge in [-0.15, -0.1) is 11.3 Å². The second kappa shape index (κ2) is 9.96. The van der Waals surface area contributed by atoms with E-state index in [0.717, 1.165) is 13.1 Å². The average Bonchev–Trinajstić information content (AvgIpc) is 2.73. The highest BCUT2D eigenvalue weighted by Crippen LogP contribution is 2.20. The van der Waals surface area contributed by atoms with Gasteiger partial charge in [-0.3, -0.25) is 0 Å². The van der Waals surface area contributed by atoms with Crippen LogP contribution in [0.3, 0.4) is 0 Å². The van der Waals surface area contributed by atoms with E-state index in [4.69, 9.17) is 0 Å². The van der Waals surface area contributed by atoms with Crippen molar-refractivity contribution in [3.63, 3.8) is 0 Å². The van der Waals surface area contributed by atoms with E-state index in [1.165, 1.54) is 48.1 Å². The Hall–Kier alpha value is 0.1000. The van der Waals surface area contributed by atoms with E-state index >= 15 is 0 Å². The molecule has 104 valence electrons. The number of nitrogens with zero attached hydrogens (tertiary/aromatic N) is 1. The lowest BCUT2D eigenvalue weighted by Gasteiger charge is -2.15. The maximum atomic E-state index is 3.50. The molecule has 0 amide bonds. The summed E-state index contributed by atoms with van der Waals surface area (Å²) in [6.45, 7) is 6.82. The van der Waals surface area contributed by atoms with Crippen molar-refractivity contribution in [1.82, 2.24) is 10.2 Å². The number of nitrogens with one attached hydrogen (secondary N) is 1. The molecule has 1 heterocycles. The zero-order valence-electron chi connectivity index (χ0n) is 11.5. The number of unbranched alkanes of at least 4 members (excludes halogenated alkanes) is 2. The van der Waals surface area contributed by atoms with Crippen LogP contribution in [0.25, 0.3) is 0 Å².